The number of fused-ring (bicyclic) bond motifs is 3. The van der Waals surface area contributed by atoms with E-state index in [4.69, 9.17) is 0 Å². The summed E-state index contributed by atoms with van der Waals surface area (Å²) in [5, 5.41) is 12.6. The maximum absolute atomic E-state index is 12.8. The first-order valence-corrected chi connectivity index (χ1v) is 9.68. The topological polar surface area (TPSA) is 89.2 Å². The fourth-order valence-corrected chi connectivity index (χ4v) is 4.60. The zero-order chi connectivity index (χ0) is 18.8. The number of rotatable bonds is 4. The average molecular weight is 381 g/mol. The third-order valence-corrected chi connectivity index (χ3v) is 5.82. The van der Waals surface area contributed by atoms with Crippen molar-refractivity contribution in [2.75, 3.05) is 0 Å². The van der Waals surface area contributed by atoms with E-state index in [2.05, 4.69) is 27.8 Å². The Kier molecular flexibility index (Phi) is 4.81. The number of aromatic nitrogens is 3. The van der Waals surface area contributed by atoms with Gasteiger partial charge in [-0.25, -0.2) is 10.1 Å². The number of thiophene rings is 1. The zero-order valence-corrected chi connectivity index (χ0v) is 15.7. The SMILES string of the molecule is CC1CCc2c(sc3nnn(CC(=O)NN=Cc4ccccc4)c(=O)c23)C1. The fourth-order valence-electron chi connectivity index (χ4n) is 3.28. The predicted molar refractivity (Wildman–Crippen MR) is 105 cm³/mol. The van der Waals surface area contributed by atoms with E-state index in [1.54, 1.807) is 17.6 Å². The van der Waals surface area contributed by atoms with E-state index in [0.29, 0.717) is 16.1 Å². The minimum absolute atomic E-state index is 0.213. The van der Waals surface area contributed by atoms with Crippen molar-refractivity contribution in [3.8, 4) is 0 Å². The molecular weight excluding hydrogens is 362 g/mol. The summed E-state index contributed by atoms with van der Waals surface area (Å²) in [6.07, 6.45) is 4.47. The third kappa shape index (κ3) is 3.66. The first-order valence-electron chi connectivity index (χ1n) is 8.87. The van der Waals surface area contributed by atoms with Gasteiger partial charge in [-0.05, 0) is 36.3 Å². The smallest absolute Gasteiger partial charge is 0.271 e. The highest BCUT2D eigenvalue weighted by molar-refractivity contribution is 7.18. The fraction of sp³-hybridized carbons (Fsp3) is 0.316. The molecule has 27 heavy (non-hydrogen) atoms. The molecule has 1 aliphatic rings. The maximum Gasteiger partial charge on any atom is 0.279 e. The average Bonchev–Trinajstić information content (AvgIpc) is 3.03. The number of nitrogens with zero attached hydrogens (tertiary/aromatic N) is 4. The van der Waals surface area contributed by atoms with Gasteiger partial charge in [0.2, 0.25) is 0 Å². The number of benzene rings is 1. The van der Waals surface area contributed by atoms with Crippen molar-refractivity contribution >= 4 is 33.7 Å². The zero-order valence-electron chi connectivity index (χ0n) is 14.9. The molecule has 0 fully saturated rings. The van der Waals surface area contributed by atoms with Gasteiger partial charge < -0.3 is 0 Å². The molecule has 2 heterocycles. The van der Waals surface area contributed by atoms with Crippen LogP contribution in [-0.2, 0) is 24.2 Å². The van der Waals surface area contributed by atoms with Crippen molar-refractivity contribution in [1.82, 2.24) is 20.4 Å². The van der Waals surface area contributed by atoms with Crippen LogP contribution in [-0.4, -0.2) is 27.1 Å². The number of hydrazone groups is 1. The van der Waals surface area contributed by atoms with Crippen LogP contribution in [0.3, 0.4) is 0 Å². The minimum Gasteiger partial charge on any atom is -0.271 e. The molecule has 0 spiro atoms. The Bertz CT molecular complexity index is 1070. The van der Waals surface area contributed by atoms with Gasteiger partial charge in [0.25, 0.3) is 11.5 Å². The van der Waals surface area contributed by atoms with Gasteiger partial charge in [-0.2, -0.15) is 5.10 Å². The van der Waals surface area contributed by atoms with Gasteiger partial charge in [0, 0.05) is 4.88 Å². The molecule has 1 amide bonds. The lowest BCUT2D eigenvalue weighted by Crippen LogP contribution is -2.32. The summed E-state index contributed by atoms with van der Waals surface area (Å²) >= 11 is 1.55. The molecule has 8 heteroatoms. The first kappa shape index (κ1) is 17.5. The molecule has 7 nitrogen and oxygen atoms in total. The van der Waals surface area contributed by atoms with E-state index in [9.17, 15) is 9.59 Å². The number of carbonyl (C=O) groups is 1. The van der Waals surface area contributed by atoms with E-state index in [1.165, 1.54) is 4.88 Å². The summed E-state index contributed by atoms with van der Waals surface area (Å²) in [4.78, 5) is 26.8. The Morgan fingerprint density at radius 1 is 1.41 bits per heavy atom. The molecule has 1 atom stereocenters. The normalized spacial score (nSPS) is 16.6. The molecule has 3 aromatic rings. The highest BCUT2D eigenvalue weighted by Gasteiger charge is 2.24. The van der Waals surface area contributed by atoms with Crippen molar-refractivity contribution in [3.63, 3.8) is 0 Å². The van der Waals surface area contributed by atoms with E-state index in [-0.39, 0.29) is 12.1 Å². The molecule has 1 aromatic carbocycles. The number of hydrogen-bond acceptors (Lipinski definition) is 6. The van der Waals surface area contributed by atoms with E-state index in [1.807, 2.05) is 30.3 Å². The third-order valence-electron chi connectivity index (χ3n) is 4.68. The lowest BCUT2D eigenvalue weighted by molar-refractivity contribution is -0.121. The summed E-state index contributed by atoms with van der Waals surface area (Å²) in [7, 11) is 0. The van der Waals surface area contributed by atoms with Crippen LogP contribution in [0.5, 0.6) is 0 Å². The quantitative estimate of drug-likeness (QED) is 0.554. The Hall–Kier alpha value is -2.87. The Balaban J connectivity index is 1.52. The first-order chi connectivity index (χ1) is 13.1. The summed E-state index contributed by atoms with van der Waals surface area (Å²) in [5.74, 6) is 0.199. The summed E-state index contributed by atoms with van der Waals surface area (Å²) in [6, 6.07) is 9.42. The van der Waals surface area contributed by atoms with Gasteiger partial charge in [-0.1, -0.05) is 42.5 Å². The number of nitrogens with one attached hydrogen (secondary N) is 1. The number of amides is 1. The molecule has 1 N–H and O–H groups in total. The van der Waals surface area contributed by atoms with Gasteiger partial charge in [-0.15, -0.1) is 16.4 Å². The van der Waals surface area contributed by atoms with Gasteiger partial charge in [0.15, 0.2) is 4.83 Å². The molecule has 4 rings (SSSR count). The van der Waals surface area contributed by atoms with E-state index >= 15 is 0 Å². The number of hydrogen-bond donors (Lipinski definition) is 1. The lowest BCUT2D eigenvalue weighted by atomic mass is 9.89. The summed E-state index contributed by atoms with van der Waals surface area (Å²) in [6.45, 7) is 2.01. The molecule has 0 saturated carbocycles. The largest absolute Gasteiger partial charge is 0.279 e. The van der Waals surface area contributed by atoms with Gasteiger partial charge in [-0.3, -0.25) is 9.59 Å². The predicted octanol–water partition coefficient (Wildman–Crippen LogP) is 2.13. The van der Waals surface area contributed by atoms with Crippen molar-refractivity contribution in [2.24, 2.45) is 11.0 Å². The molecule has 138 valence electrons. The molecule has 2 aromatic heterocycles. The molecule has 0 saturated heterocycles. The van der Waals surface area contributed by atoms with Crippen LogP contribution in [0.4, 0.5) is 0 Å². The van der Waals surface area contributed by atoms with Crippen molar-refractivity contribution in [3.05, 3.63) is 56.7 Å². The molecular formula is C19H19N5O2S. The second-order valence-electron chi connectivity index (χ2n) is 6.79. The van der Waals surface area contributed by atoms with Gasteiger partial charge >= 0.3 is 0 Å². The second kappa shape index (κ2) is 7.40. The van der Waals surface area contributed by atoms with Crippen molar-refractivity contribution in [1.29, 1.82) is 0 Å². The van der Waals surface area contributed by atoms with E-state index in [0.717, 1.165) is 35.1 Å². The van der Waals surface area contributed by atoms with Crippen LogP contribution >= 0.6 is 11.3 Å². The van der Waals surface area contributed by atoms with Crippen molar-refractivity contribution in [2.45, 2.75) is 32.7 Å². The highest BCUT2D eigenvalue weighted by atomic mass is 32.1. The standard InChI is InChI=1S/C19H19N5O2S/c1-12-7-8-14-15(9-12)27-18-17(14)19(26)24(23-22-18)11-16(25)21-20-10-13-5-3-2-4-6-13/h2-6,10,12H,7-9,11H2,1H3,(H,21,25). The van der Waals surface area contributed by atoms with Gasteiger partial charge in [0.1, 0.15) is 6.54 Å². The minimum atomic E-state index is -0.421. The van der Waals surface area contributed by atoms with Crippen molar-refractivity contribution < 1.29 is 4.79 Å². The maximum atomic E-state index is 12.8. The lowest BCUT2D eigenvalue weighted by Gasteiger charge is -2.17. The number of carbonyl (C=O) groups excluding carboxylic acids is 1. The highest BCUT2D eigenvalue weighted by Crippen LogP contribution is 2.35. The second-order valence-corrected chi connectivity index (χ2v) is 7.87. The Morgan fingerprint density at radius 3 is 3.04 bits per heavy atom. The molecule has 1 aliphatic carbocycles. The molecule has 0 radical (unpaired) electrons. The van der Waals surface area contributed by atoms with Crippen LogP contribution in [0.25, 0.3) is 10.2 Å². The Labute approximate surface area is 159 Å². The van der Waals surface area contributed by atoms with Crippen LogP contribution in [0.1, 0.15) is 29.3 Å². The van der Waals surface area contributed by atoms with Crippen LogP contribution in [0, 0.1) is 5.92 Å². The summed E-state index contributed by atoms with van der Waals surface area (Å²) < 4.78 is 1.11. The molecule has 1 unspecified atom stereocenters. The van der Waals surface area contributed by atoms with Crippen LogP contribution < -0.4 is 11.0 Å². The monoisotopic (exact) mass is 381 g/mol. The van der Waals surface area contributed by atoms with Crippen LogP contribution in [0.15, 0.2) is 40.2 Å². The summed E-state index contributed by atoms with van der Waals surface area (Å²) in [5.41, 5.74) is 4.13. The van der Waals surface area contributed by atoms with Crippen LogP contribution in [0.2, 0.25) is 0 Å². The number of aryl methyl sites for hydroxylation is 1. The van der Waals surface area contributed by atoms with E-state index < -0.39 is 5.91 Å². The molecule has 0 aliphatic heterocycles. The molecule has 0 bridgehead atoms. The van der Waals surface area contributed by atoms with Gasteiger partial charge in [0.05, 0.1) is 11.6 Å². The Morgan fingerprint density at radius 2 is 2.22 bits per heavy atom.